The minimum absolute atomic E-state index is 0.512. The lowest BCUT2D eigenvalue weighted by Crippen LogP contribution is -2.49. The minimum Gasteiger partial charge on any atom is -0.312 e. The molecule has 24 heavy (non-hydrogen) atoms. The summed E-state index contributed by atoms with van der Waals surface area (Å²) in [5, 5.41) is 7.90. The van der Waals surface area contributed by atoms with E-state index >= 15 is 0 Å². The van der Waals surface area contributed by atoms with Gasteiger partial charge in [-0.1, -0.05) is 41.5 Å². The van der Waals surface area contributed by atoms with Gasteiger partial charge < -0.3 is 10.6 Å². The van der Waals surface area contributed by atoms with E-state index in [2.05, 4.69) is 52.2 Å². The van der Waals surface area contributed by atoms with Gasteiger partial charge in [0.05, 0.1) is 0 Å². The van der Waals surface area contributed by atoms with Crippen molar-refractivity contribution >= 4 is 0 Å². The van der Waals surface area contributed by atoms with Crippen molar-refractivity contribution in [2.24, 2.45) is 33.5 Å². The highest BCUT2D eigenvalue weighted by Gasteiger charge is 2.62. The first-order chi connectivity index (χ1) is 11.1. The maximum absolute atomic E-state index is 3.95. The summed E-state index contributed by atoms with van der Waals surface area (Å²) in [7, 11) is 0. The van der Waals surface area contributed by atoms with E-state index in [-0.39, 0.29) is 0 Å². The third-order valence-electron chi connectivity index (χ3n) is 10.5. The third-order valence-corrected chi connectivity index (χ3v) is 10.5. The van der Waals surface area contributed by atoms with Crippen molar-refractivity contribution in [1.82, 2.24) is 10.6 Å². The molecule has 4 rings (SSSR count). The summed E-state index contributed by atoms with van der Waals surface area (Å²) >= 11 is 0. The molecule has 2 N–H and O–H groups in total. The molecule has 0 aromatic carbocycles. The van der Waals surface area contributed by atoms with Crippen molar-refractivity contribution in [2.45, 2.75) is 92.2 Å². The van der Waals surface area contributed by atoms with E-state index < -0.39 is 0 Å². The topological polar surface area (TPSA) is 24.1 Å². The Morgan fingerprint density at radius 3 is 1.29 bits per heavy atom. The minimum atomic E-state index is 0.512. The molecule has 2 nitrogen and oxygen atoms in total. The second-order valence-corrected chi connectivity index (χ2v) is 11.2. The van der Waals surface area contributed by atoms with Crippen LogP contribution in [-0.4, -0.2) is 25.2 Å². The van der Waals surface area contributed by atoms with E-state index in [0.717, 1.165) is 37.0 Å². The molecular weight excluding hydrogens is 292 g/mol. The fourth-order valence-electron chi connectivity index (χ4n) is 7.52. The quantitative estimate of drug-likeness (QED) is 0.719. The average molecular weight is 333 g/mol. The van der Waals surface area contributed by atoms with Crippen LogP contribution >= 0.6 is 0 Å². The van der Waals surface area contributed by atoms with Gasteiger partial charge in [0.25, 0.3) is 0 Å². The highest BCUT2D eigenvalue weighted by atomic mass is 15.0. The largest absolute Gasteiger partial charge is 0.312 e. The second-order valence-electron chi connectivity index (χ2n) is 11.2. The van der Waals surface area contributed by atoms with Gasteiger partial charge in [-0.2, -0.15) is 0 Å². The molecule has 6 atom stereocenters. The fraction of sp³-hybridized carbons (Fsp3) is 1.00. The molecule has 138 valence electrons. The van der Waals surface area contributed by atoms with E-state index in [4.69, 9.17) is 0 Å². The summed E-state index contributed by atoms with van der Waals surface area (Å²) in [6, 6.07) is 1.47. The van der Waals surface area contributed by atoms with Gasteiger partial charge in [0.2, 0.25) is 0 Å². The molecule has 4 fully saturated rings. The van der Waals surface area contributed by atoms with Gasteiger partial charge in [-0.05, 0) is 72.0 Å². The highest BCUT2D eigenvalue weighted by molar-refractivity contribution is 5.14. The molecule has 0 spiro atoms. The SMILES string of the molecule is CC12CC[C@H](CC1NCCNC1C[C@H]3CCC1(C)C3(C)C)C2(C)C. The zero-order valence-corrected chi connectivity index (χ0v) is 17.0. The lowest BCUT2D eigenvalue weighted by molar-refractivity contribution is 0.115. The van der Waals surface area contributed by atoms with Crippen molar-refractivity contribution in [3.63, 3.8) is 0 Å². The molecule has 4 bridgehead atoms. The van der Waals surface area contributed by atoms with E-state index in [1.54, 1.807) is 0 Å². The summed E-state index contributed by atoms with van der Waals surface area (Å²) in [5.41, 5.74) is 2.08. The lowest BCUT2D eigenvalue weighted by Gasteiger charge is -2.41. The Bertz CT molecular complexity index is 464. The standard InChI is InChI=1S/C22H40N2/c1-19(2)15-7-9-21(19,5)17(13-15)23-11-12-24-18-14-16-8-10-22(18,6)20(16,3)4/h15-18,23-24H,7-14H2,1-6H3/t15-,16-,17?,18?,21?,22?/m1/s1. The first kappa shape index (κ1) is 17.3. The van der Waals surface area contributed by atoms with Gasteiger partial charge in [0, 0.05) is 25.2 Å². The van der Waals surface area contributed by atoms with Crippen LogP contribution in [0.25, 0.3) is 0 Å². The third kappa shape index (κ3) is 2.02. The zero-order valence-electron chi connectivity index (χ0n) is 17.0. The Balaban J connectivity index is 1.28. The van der Waals surface area contributed by atoms with Crippen LogP contribution < -0.4 is 10.6 Å². The Morgan fingerprint density at radius 1 is 0.667 bits per heavy atom. The van der Waals surface area contributed by atoms with Gasteiger partial charge >= 0.3 is 0 Å². The molecule has 0 saturated heterocycles. The van der Waals surface area contributed by atoms with Crippen LogP contribution in [0.4, 0.5) is 0 Å². The van der Waals surface area contributed by atoms with E-state index in [1.807, 2.05) is 0 Å². The van der Waals surface area contributed by atoms with E-state index in [1.165, 1.54) is 38.5 Å². The maximum Gasteiger partial charge on any atom is 0.0129 e. The van der Waals surface area contributed by atoms with Crippen LogP contribution in [0, 0.1) is 33.5 Å². The van der Waals surface area contributed by atoms with Gasteiger partial charge in [-0.3, -0.25) is 0 Å². The van der Waals surface area contributed by atoms with Crippen molar-refractivity contribution in [2.75, 3.05) is 13.1 Å². The van der Waals surface area contributed by atoms with Crippen molar-refractivity contribution in [3.05, 3.63) is 0 Å². The average Bonchev–Trinajstić information content (AvgIpc) is 3.02. The van der Waals surface area contributed by atoms with Crippen LogP contribution in [0.5, 0.6) is 0 Å². The predicted molar refractivity (Wildman–Crippen MR) is 102 cm³/mol. The van der Waals surface area contributed by atoms with Gasteiger partial charge in [-0.25, -0.2) is 0 Å². The molecule has 0 radical (unpaired) electrons. The number of rotatable bonds is 5. The van der Waals surface area contributed by atoms with Crippen molar-refractivity contribution in [3.8, 4) is 0 Å². The molecule has 4 unspecified atom stereocenters. The predicted octanol–water partition coefficient (Wildman–Crippen LogP) is 4.60. The van der Waals surface area contributed by atoms with Gasteiger partial charge in [-0.15, -0.1) is 0 Å². The maximum atomic E-state index is 3.95. The molecule has 4 saturated carbocycles. The summed E-state index contributed by atoms with van der Waals surface area (Å²) in [4.78, 5) is 0. The summed E-state index contributed by atoms with van der Waals surface area (Å²) < 4.78 is 0. The zero-order chi connectivity index (χ0) is 17.4. The lowest BCUT2D eigenvalue weighted by atomic mass is 9.69. The van der Waals surface area contributed by atoms with Gasteiger partial charge in [0.15, 0.2) is 0 Å². The molecule has 0 aliphatic heterocycles. The summed E-state index contributed by atoms with van der Waals surface area (Å²) in [6.07, 6.45) is 8.56. The monoisotopic (exact) mass is 332 g/mol. The summed E-state index contributed by atoms with van der Waals surface area (Å²) in [6.45, 7) is 17.4. The van der Waals surface area contributed by atoms with Gasteiger partial charge in [0.1, 0.15) is 0 Å². The Morgan fingerprint density at radius 2 is 1.04 bits per heavy atom. The van der Waals surface area contributed by atoms with Crippen LogP contribution in [-0.2, 0) is 0 Å². The Kier molecular flexibility index (Phi) is 3.77. The van der Waals surface area contributed by atoms with Crippen molar-refractivity contribution < 1.29 is 0 Å². The first-order valence-electron chi connectivity index (χ1n) is 10.6. The van der Waals surface area contributed by atoms with Crippen molar-refractivity contribution in [1.29, 1.82) is 0 Å². The number of fused-ring (bicyclic) bond motifs is 4. The van der Waals surface area contributed by atoms with Crippen LogP contribution in [0.2, 0.25) is 0 Å². The smallest absolute Gasteiger partial charge is 0.0129 e. The van der Waals surface area contributed by atoms with Crippen LogP contribution in [0.15, 0.2) is 0 Å². The molecule has 0 heterocycles. The van der Waals surface area contributed by atoms with E-state index in [9.17, 15) is 0 Å². The normalized spacial score (nSPS) is 50.8. The Hall–Kier alpha value is -0.0800. The highest BCUT2D eigenvalue weighted by Crippen LogP contribution is 2.66. The fourth-order valence-corrected chi connectivity index (χ4v) is 7.52. The molecule has 4 aliphatic rings. The number of hydrogen-bond acceptors (Lipinski definition) is 2. The van der Waals surface area contributed by atoms with E-state index in [0.29, 0.717) is 21.7 Å². The molecule has 2 heteroatoms. The number of hydrogen-bond donors (Lipinski definition) is 2. The van der Waals surface area contributed by atoms with Crippen LogP contribution in [0.1, 0.15) is 80.1 Å². The molecule has 0 amide bonds. The first-order valence-corrected chi connectivity index (χ1v) is 10.6. The molecule has 0 aromatic rings. The second kappa shape index (κ2) is 5.22. The molecule has 4 aliphatic carbocycles. The van der Waals surface area contributed by atoms with Crippen LogP contribution in [0.3, 0.4) is 0 Å². The number of nitrogens with one attached hydrogen (secondary N) is 2. The Labute approximate surface area is 149 Å². The summed E-state index contributed by atoms with van der Waals surface area (Å²) in [5.74, 6) is 1.89. The molecule has 0 aromatic heterocycles. The molecular formula is C22H40N2.